The van der Waals surface area contributed by atoms with E-state index in [0.29, 0.717) is 23.9 Å². The number of rotatable bonds is 52. The molecule has 3 N–H and O–H groups in total. The number of allylic oxidation sites excluding steroid dienone is 14. The summed E-state index contributed by atoms with van der Waals surface area (Å²) in [7, 11) is 1.12. The van der Waals surface area contributed by atoms with Crippen LogP contribution in [0, 0.1) is 0 Å². The molecule has 10 heteroatoms. The number of amides is 1. The van der Waals surface area contributed by atoms with E-state index in [1.165, 1.54) is 122 Å². The van der Waals surface area contributed by atoms with Crippen LogP contribution in [0.2, 0.25) is 0 Å². The fourth-order valence-electron chi connectivity index (χ4n) is 8.18. The molecule has 0 aromatic heterocycles. The predicted octanol–water partition coefficient (Wildman–Crippen LogP) is 16.0. The molecular weight excluding hydrogens is 904 g/mol. The Morgan fingerprint density at radius 2 is 0.887 bits per heavy atom. The molecule has 0 heterocycles. The first-order valence-corrected chi connectivity index (χ1v) is 30.5. The Kier molecular flexibility index (Phi) is 49.4. The van der Waals surface area contributed by atoms with Crippen molar-refractivity contribution in [3.8, 4) is 0 Å². The molecule has 0 aliphatic rings. The van der Waals surface area contributed by atoms with Crippen LogP contribution in [0.4, 0.5) is 0 Å². The molecule has 1 amide bonds. The quantitative estimate of drug-likeness (QED) is 0.0240. The van der Waals surface area contributed by atoms with Crippen molar-refractivity contribution in [1.82, 2.24) is 5.32 Å². The third kappa shape index (κ3) is 52.3. The number of carbonyl (C=O) groups excluding carboxylic acids is 1. The third-order valence-electron chi connectivity index (χ3n) is 12.7. The lowest BCUT2D eigenvalue weighted by Gasteiger charge is -2.31. The summed E-state index contributed by atoms with van der Waals surface area (Å²) < 4.78 is 23.3. The summed E-state index contributed by atoms with van der Waals surface area (Å²) in [6, 6.07) is -1.08. The monoisotopic (exact) mass is 1010 g/mol. The second kappa shape index (κ2) is 51.1. The van der Waals surface area contributed by atoms with E-state index in [1.54, 1.807) is 0 Å². The predicted molar refractivity (Wildman–Crippen MR) is 303 cm³/mol. The minimum atomic E-state index is -4.67. The molecular formula is C61H111N2O7P. The lowest BCUT2D eigenvalue weighted by atomic mass is 9.99. The maximum absolute atomic E-state index is 13.0. The highest BCUT2D eigenvalue weighted by Crippen LogP contribution is 2.38. The number of likely N-dealkylation sites (N-methyl/N-ethyl adjacent to an activating group) is 1. The Balaban J connectivity index is 4.13. The van der Waals surface area contributed by atoms with Gasteiger partial charge in [-0.15, -0.1) is 0 Å². The van der Waals surface area contributed by atoms with Crippen LogP contribution in [0.1, 0.15) is 239 Å². The molecule has 4 unspecified atom stereocenters. The Labute approximate surface area is 438 Å². The summed E-state index contributed by atoms with van der Waals surface area (Å²) in [6.07, 6.45) is 67.9. The van der Waals surface area contributed by atoms with Crippen molar-refractivity contribution < 1.29 is 38.0 Å². The minimum absolute atomic E-state index is 0.0434. The molecule has 0 saturated carbocycles. The molecule has 71 heavy (non-hydrogen) atoms. The Morgan fingerprint density at radius 3 is 1.30 bits per heavy atom. The summed E-state index contributed by atoms with van der Waals surface area (Å²) in [5.74, 6) is -0.282. The highest BCUT2D eigenvalue weighted by molar-refractivity contribution is 7.45. The van der Waals surface area contributed by atoms with Crippen LogP contribution in [0.3, 0.4) is 0 Å². The first-order chi connectivity index (χ1) is 34.4. The second-order valence-electron chi connectivity index (χ2n) is 20.8. The van der Waals surface area contributed by atoms with Gasteiger partial charge in [0.15, 0.2) is 0 Å². The van der Waals surface area contributed by atoms with Crippen LogP contribution >= 0.6 is 7.82 Å². The summed E-state index contributed by atoms with van der Waals surface area (Å²) in [5, 5.41) is 24.7. The van der Waals surface area contributed by atoms with Crippen molar-refractivity contribution in [2.24, 2.45) is 0 Å². The van der Waals surface area contributed by atoms with Gasteiger partial charge in [-0.3, -0.25) is 9.36 Å². The highest BCUT2D eigenvalue weighted by atomic mass is 31.2. The van der Waals surface area contributed by atoms with Gasteiger partial charge in [-0.2, -0.15) is 0 Å². The number of quaternary nitrogens is 1. The van der Waals surface area contributed by atoms with Gasteiger partial charge < -0.3 is 34.0 Å². The molecule has 0 aromatic carbocycles. The molecule has 0 aliphatic carbocycles. The van der Waals surface area contributed by atoms with Gasteiger partial charge in [0, 0.05) is 6.42 Å². The smallest absolute Gasteiger partial charge is 0.268 e. The topological polar surface area (TPSA) is 128 Å². The minimum Gasteiger partial charge on any atom is -0.756 e. The number of phosphoric acid groups is 1. The van der Waals surface area contributed by atoms with Gasteiger partial charge >= 0.3 is 0 Å². The molecule has 4 atom stereocenters. The molecule has 0 saturated heterocycles. The molecule has 9 nitrogen and oxygen atoms in total. The van der Waals surface area contributed by atoms with Crippen molar-refractivity contribution in [2.75, 3.05) is 40.9 Å². The van der Waals surface area contributed by atoms with Gasteiger partial charge in [-0.1, -0.05) is 247 Å². The molecule has 0 bridgehead atoms. The summed E-state index contributed by atoms with van der Waals surface area (Å²) in [5.41, 5.74) is 0. The number of unbranched alkanes of at least 4 members (excludes halogenated alkanes) is 24. The molecule has 0 spiro atoms. The van der Waals surface area contributed by atoms with E-state index >= 15 is 0 Å². The number of aliphatic hydroxyl groups is 2. The van der Waals surface area contributed by atoms with Gasteiger partial charge in [0.05, 0.1) is 39.9 Å². The van der Waals surface area contributed by atoms with E-state index in [-0.39, 0.29) is 18.9 Å². The first kappa shape index (κ1) is 68.6. The standard InChI is InChI=1S/C61H111N2O7P/c1-6-8-10-12-14-16-18-20-21-22-23-24-25-26-27-28-29-30-31-32-33-34-35-36-37-38-39-40-41-42-44-46-48-50-52-54-60(65)62-58(57-70-71(67,68)69-56-55-63(3,4)5)61(66)59(64)53-51-49-47-45-43-19-17-15-13-11-9-7-2/h8,10,14,16,20-21,23-24,26-27,29-30,32-33,58-59,61,64,66H,6-7,9,11-13,15,17-19,22,25,28,31,34-57H2,1-5H3,(H-,62,65,67,68)/b10-8-,16-14-,21-20-,24-23-,27-26-,30-29-,33-32-. The van der Waals surface area contributed by atoms with Gasteiger partial charge in [0.1, 0.15) is 19.3 Å². The normalized spacial score (nSPS) is 15.0. The fraction of sp³-hybridized carbons (Fsp3) is 0.754. The summed E-state index contributed by atoms with van der Waals surface area (Å²) >= 11 is 0. The van der Waals surface area contributed by atoms with Crippen molar-refractivity contribution in [1.29, 1.82) is 0 Å². The van der Waals surface area contributed by atoms with Crippen molar-refractivity contribution in [3.63, 3.8) is 0 Å². The lowest BCUT2D eigenvalue weighted by Crippen LogP contribution is -2.51. The van der Waals surface area contributed by atoms with E-state index in [4.69, 9.17) is 9.05 Å². The Bertz CT molecular complexity index is 1450. The number of phosphoric ester groups is 1. The summed E-state index contributed by atoms with van der Waals surface area (Å²) in [6.45, 7) is 4.32. The maximum atomic E-state index is 13.0. The average Bonchev–Trinajstić information content (AvgIpc) is 3.33. The van der Waals surface area contributed by atoms with Gasteiger partial charge in [0.25, 0.3) is 7.82 Å². The molecule has 0 rings (SSSR count). The van der Waals surface area contributed by atoms with Crippen LogP contribution < -0.4 is 10.2 Å². The number of carbonyl (C=O) groups is 1. The summed E-state index contributed by atoms with van der Waals surface area (Å²) in [4.78, 5) is 25.5. The molecule has 412 valence electrons. The van der Waals surface area contributed by atoms with E-state index < -0.39 is 32.7 Å². The largest absolute Gasteiger partial charge is 0.756 e. The highest BCUT2D eigenvalue weighted by Gasteiger charge is 2.29. The van der Waals surface area contributed by atoms with Crippen LogP contribution in [0.25, 0.3) is 0 Å². The number of hydrogen-bond donors (Lipinski definition) is 3. The number of aliphatic hydroxyl groups excluding tert-OH is 2. The number of nitrogens with one attached hydrogen (secondary N) is 1. The zero-order chi connectivity index (χ0) is 52.2. The third-order valence-corrected chi connectivity index (χ3v) is 13.7. The Hall–Kier alpha value is -2.36. The second-order valence-corrected chi connectivity index (χ2v) is 22.2. The van der Waals surface area contributed by atoms with Gasteiger partial charge in [0.2, 0.25) is 5.91 Å². The number of nitrogens with zero attached hydrogens (tertiary/aromatic N) is 1. The van der Waals surface area contributed by atoms with Crippen LogP contribution in [0.5, 0.6) is 0 Å². The van der Waals surface area contributed by atoms with E-state index in [0.717, 1.165) is 83.5 Å². The van der Waals surface area contributed by atoms with Crippen LogP contribution in [0.15, 0.2) is 85.1 Å². The average molecular weight is 1020 g/mol. The zero-order valence-electron chi connectivity index (χ0n) is 46.5. The van der Waals surface area contributed by atoms with Crippen LogP contribution in [-0.4, -0.2) is 79.8 Å². The SMILES string of the molecule is CC/C=C\C/C=C\C/C=C\C/C=C\C/C=C\C/C=C\C/C=C\CCCCCCCCCCCCCCCC(=O)NC(COP(=O)([O-])OCC[N+](C)(C)C)C(O)C(O)CCCCCCCCCCCCCC. The zero-order valence-corrected chi connectivity index (χ0v) is 47.4. The van der Waals surface area contributed by atoms with E-state index in [9.17, 15) is 24.5 Å². The lowest BCUT2D eigenvalue weighted by molar-refractivity contribution is -0.870. The first-order valence-electron chi connectivity index (χ1n) is 29.0. The van der Waals surface area contributed by atoms with E-state index in [2.05, 4.69) is 104 Å². The Morgan fingerprint density at radius 1 is 0.521 bits per heavy atom. The van der Waals surface area contributed by atoms with Gasteiger partial charge in [-0.05, 0) is 70.6 Å². The molecule has 0 aliphatic heterocycles. The molecule has 0 radical (unpaired) electrons. The van der Waals surface area contributed by atoms with Crippen molar-refractivity contribution in [2.45, 2.75) is 257 Å². The molecule has 0 fully saturated rings. The van der Waals surface area contributed by atoms with E-state index in [1.807, 2.05) is 21.1 Å². The van der Waals surface area contributed by atoms with Crippen LogP contribution in [-0.2, 0) is 18.4 Å². The molecule has 0 aromatic rings. The van der Waals surface area contributed by atoms with Crippen molar-refractivity contribution in [3.05, 3.63) is 85.1 Å². The fourth-order valence-corrected chi connectivity index (χ4v) is 8.90. The number of hydrogen-bond acceptors (Lipinski definition) is 7. The van der Waals surface area contributed by atoms with Crippen molar-refractivity contribution >= 4 is 13.7 Å². The van der Waals surface area contributed by atoms with Gasteiger partial charge in [-0.25, -0.2) is 0 Å². The maximum Gasteiger partial charge on any atom is 0.268 e.